The van der Waals surface area contributed by atoms with Gasteiger partial charge in [0.2, 0.25) is 0 Å². The molecule has 1 saturated carbocycles. The summed E-state index contributed by atoms with van der Waals surface area (Å²) in [5.74, 6) is -0.752. The highest BCUT2D eigenvalue weighted by molar-refractivity contribution is 5.85. The van der Waals surface area contributed by atoms with E-state index in [2.05, 4.69) is 0 Å². The van der Waals surface area contributed by atoms with E-state index in [4.69, 9.17) is 9.84 Å². The molecule has 4 nitrogen and oxygen atoms in total. The number of Topliss-reactive ketones (excluding diaryl/α,β-unsaturated/α-hetero) is 1. The Morgan fingerprint density at radius 1 is 1.54 bits per heavy atom. The van der Waals surface area contributed by atoms with E-state index in [1.54, 1.807) is 0 Å². The first-order chi connectivity index (χ1) is 6.15. The Morgan fingerprint density at radius 2 is 2.23 bits per heavy atom. The molecular weight excluding hydrogens is 172 g/mol. The monoisotopic (exact) mass is 184 g/mol. The zero-order valence-electron chi connectivity index (χ0n) is 7.28. The normalized spacial score (nSPS) is 34.6. The van der Waals surface area contributed by atoms with Crippen LogP contribution in [-0.2, 0) is 14.3 Å². The maximum Gasteiger partial charge on any atom is 0.336 e. The minimum atomic E-state index is -1.03. The summed E-state index contributed by atoms with van der Waals surface area (Å²) in [5.41, 5.74) is -1.03. The average molecular weight is 184 g/mol. The SMILES string of the molecule is O=C1CC[C@@](C(=O)O)(C2CC2)OC1. The third-order valence-electron chi connectivity index (χ3n) is 2.86. The Bertz CT molecular complexity index is 244. The van der Waals surface area contributed by atoms with Gasteiger partial charge >= 0.3 is 5.97 Å². The summed E-state index contributed by atoms with van der Waals surface area (Å²) in [6.45, 7) is -0.0250. The second kappa shape index (κ2) is 2.80. The van der Waals surface area contributed by atoms with Crippen molar-refractivity contribution in [3.8, 4) is 0 Å². The van der Waals surface area contributed by atoms with Crippen molar-refractivity contribution in [1.29, 1.82) is 0 Å². The average Bonchev–Trinajstić information content (AvgIpc) is 2.88. The van der Waals surface area contributed by atoms with E-state index >= 15 is 0 Å². The van der Waals surface area contributed by atoms with Crippen LogP contribution in [0, 0.1) is 5.92 Å². The Balaban J connectivity index is 2.14. The molecule has 0 bridgehead atoms. The Labute approximate surface area is 75.9 Å². The maximum absolute atomic E-state index is 11.0. The van der Waals surface area contributed by atoms with Crippen LogP contribution in [0.2, 0.25) is 0 Å². The lowest BCUT2D eigenvalue weighted by Crippen LogP contribution is -2.48. The van der Waals surface area contributed by atoms with E-state index in [0.717, 1.165) is 12.8 Å². The molecule has 1 aliphatic carbocycles. The van der Waals surface area contributed by atoms with Crippen molar-refractivity contribution in [2.75, 3.05) is 6.61 Å². The van der Waals surface area contributed by atoms with Gasteiger partial charge in [0.1, 0.15) is 6.61 Å². The molecule has 0 aromatic carbocycles. The Morgan fingerprint density at radius 3 is 2.62 bits per heavy atom. The first-order valence-corrected chi connectivity index (χ1v) is 4.54. The van der Waals surface area contributed by atoms with E-state index in [1.807, 2.05) is 0 Å². The minimum absolute atomic E-state index is 0.0116. The fourth-order valence-electron chi connectivity index (χ4n) is 1.89. The molecular formula is C9H12O4. The minimum Gasteiger partial charge on any atom is -0.479 e. The third-order valence-corrected chi connectivity index (χ3v) is 2.86. The van der Waals surface area contributed by atoms with Crippen molar-refractivity contribution in [1.82, 2.24) is 0 Å². The molecule has 0 spiro atoms. The van der Waals surface area contributed by atoms with Crippen molar-refractivity contribution in [3.63, 3.8) is 0 Å². The standard InChI is InChI=1S/C9H12O4/c10-7-3-4-9(8(11)12,13-5-7)6-1-2-6/h6H,1-5H2,(H,11,12)/t9-/m0/s1. The predicted molar refractivity (Wildman–Crippen MR) is 43.3 cm³/mol. The number of carboxylic acids is 1. The van der Waals surface area contributed by atoms with Crippen LogP contribution in [0.1, 0.15) is 25.7 Å². The highest BCUT2D eigenvalue weighted by Crippen LogP contribution is 2.46. The van der Waals surface area contributed by atoms with Crippen molar-refractivity contribution >= 4 is 11.8 Å². The maximum atomic E-state index is 11.0. The third kappa shape index (κ3) is 1.35. The number of ketones is 1. The number of rotatable bonds is 2. The molecule has 0 aromatic heterocycles. The van der Waals surface area contributed by atoms with E-state index in [9.17, 15) is 9.59 Å². The van der Waals surface area contributed by atoms with Gasteiger partial charge in [0, 0.05) is 6.42 Å². The smallest absolute Gasteiger partial charge is 0.336 e. The molecule has 1 saturated heterocycles. The zero-order chi connectivity index (χ0) is 9.47. The lowest BCUT2D eigenvalue weighted by atomic mass is 9.88. The summed E-state index contributed by atoms with van der Waals surface area (Å²) in [6, 6.07) is 0. The van der Waals surface area contributed by atoms with Crippen LogP contribution in [0.5, 0.6) is 0 Å². The highest BCUT2D eigenvalue weighted by Gasteiger charge is 2.54. The van der Waals surface area contributed by atoms with Crippen LogP contribution in [0.3, 0.4) is 0 Å². The van der Waals surface area contributed by atoms with E-state index in [1.165, 1.54) is 0 Å². The number of carbonyl (C=O) groups is 2. The van der Waals surface area contributed by atoms with E-state index < -0.39 is 11.6 Å². The van der Waals surface area contributed by atoms with Crippen molar-refractivity contribution in [3.05, 3.63) is 0 Å². The van der Waals surface area contributed by atoms with Crippen LogP contribution < -0.4 is 0 Å². The van der Waals surface area contributed by atoms with Gasteiger partial charge in [-0.3, -0.25) is 4.79 Å². The molecule has 2 rings (SSSR count). The molecule has 1 N–H and O–H groups in total. The summed E-state index contributed by atoms with van der Waals surface area (Å²) in [5, 5.41) is 9.05. The molecule has 1 atom stereocenters. The van der Waals surface area contributed by atoms with Gasteiger partial charge in [-0.05, 0) is 25.2 Å². The highest BCUT2D eigenvalue weighted by atomic mass is 16.5. The summed E-state index contributed by atoms with van der Waals surface area (Å²) >= 11 is 0. The number of aliphatic carboxylic acids is 1. The van der Waals surface area contributed by atoms with Gasteiger partial charge in [-0.15, -0.1) is 0 Å². The molecule has 1 heterocycles. The molecule has 0 amide bonds. The molecule has 0 radical (unpaired) electrons. The van der Waals surface area contributed by atoms with Crippen molar-refractivity contribution in [2.45, 2.75) is 31.3 Å². The summed E-state index contributed by atoms with van der Waals surface area (Å²) in [4.78, 5) is 21.9. The number of carboxylic acid groups (broad SMARTS) is 1. The number of hydrogen-bond donors (Lipinski definition) is 1. The molecule has 13 heavy (non-hydrogen) atoms. The van der Waals surface area contributed by atoms with Crippen LogP contribution in [-0.4, -0.2) is 29.1 Å². The van der Waals surface area contributed by atoms with E-state index in [-0.39, 0.29) is 18.3 Å². The van der Waals surface area contributed by atoms with Gasteiger partial charge in [0.15, 0.2) is 11.4 Å². The molecule has 2 fully saturated rings. The fraction of sp³-hybridized carbons (Fsp3) is 0.778. The number of hydrogen-bond acceptors (Lipinski definition) is 3. The van der Waals surface area contributed by atoms with Gasteiger partial charge in [0.25, 0.3) is 0 Å². The molecule has 4 heteroatoms. The summed E-state index contributed by atoms with van der Waals surface area (Å²) < 4.78 is 5.21. The molecule has 72 valence electrons. The fourth-order valence-corrected chi connectivity index (χ4v) is 1.89. The largest absolute Gasteiger partial charge is 0.479 e. The zero-order valence-corrected chi connectivity index (χ0v) is 7.28. The molecule has 0 aromatic rings. The van der Waals surface area contributed by atoms with Gasteiger partial charge in [0.05, 0.1) is 0 Å². The van der Waals surface area contributed by atoms with Crippen LogP contribution in [0.25, 0.3) is 0 Å². The first-order valence-electron chi connectivity index (χ1n) is 4.54. The van der Waals surface area contributed by atoms with Crippen molar-refractivity contribution < 1.29 is 19.4 Å². The Kier molecular flexibility index (Phi) is 1.87. The first kappa shape index (κ1) is 8.69. The summed E-state index contributed by atoms with van der Waals surface area (Å²) in [6.07, 6.45) is 2.54. The van der Waals surface area contributed by atoms with Gasteiger partial charge in [-0.2, -0.15) is 0 Å². The van der Waals surface area contributed by atoms with Crippen LogP contribution in [0.4, 0.5) is 0 Å². The van der Waals surface area contributed by atoms with Crippen molar-refractivity contribution in [2.24, 2.45) is 5.92 Å². The van der Waals surface area contributed by atoms with Gasteiger partial charge in [-0.25, -0.2) is 4.79 Å². The Hall–Kier alpha value is -0.900. The quantitative estimate of drug-likeness (QED) is 0.682. The lowest BCUT2D eigenvalue weighted by molar-refractivity contribution is -0.178. The van der Waals surface area contributed by atoms with Crippen LogP contribution in [0.15, 0.2) is 0 Å². The number of ether oxygens (including phenoxy) is 1. The second-order valence-corrected chi connectivity index (χ2v) is 3.80. The van der Waals surface area contributed by atoms with Gasteiger partial charge < -0.3 is 9.84 Å². The van der Waals surface area contributed by atoms with E-state index in [0.29, 0.717) is 12.8 Å². The van der Waals surface area contributed by atoms with Gasteiger partial charge in [-0.1, -0.05) is 0 Å². The molecule has 1 aliphatic heterocycles. The topological polar surface area (TPSA) is 63.6 Å². The van der Waals surface area contributed by atoms with Crippen LogP contribution >= 0.6 is 0 Å². The molecule has 2 aliphatic rings. The summed E-state index contributed by atoms with van der Waals surface area (Å²) in [7, 11) is 0. The predicted octanol–water partition coefficient (Wildman–Crippen LogP) is 0.599. The number of carbonyl (C=O) groups excluding carboxylic acids is 1. The lowest BCUT2D eigenvalue weighted by Gasteiger charge is -2.32. The second-order valence-electron chi connectivity index (χ2n) is 3.80. The molecule has 0 unspecified atom stereocenters.